The Kier molecular flexibility index (Phi) is 6.88. The smallest absolute Gasteiger partial charge is 0.335 e. The number of H-pyrrole nitrogens is 1. The second-order valence-electron chi connectivity index (χ2n) is 7.08. The van der Waals surface area contributed by atoms with Crippen molar-refractivity contribution in [2.45, 2.75) is 20.0 Å². The fourth-order valence-electron chi connectivity index (χ4n) is 3.14. The summed E-state index contributed by atoms with van der Waals surface area (Å²) in [5.41, 5.74) is 0.469. The highest BCUT2D eigenvalue weighted by molar-refractivity contribution is 6.30. The van der Waals surface area contributed by atoms with Crippen molar-refractivity contribution >= 4 is 17.3 Å². The van der Waals surface area contributed by atoms with E-state index in [0.29, 0.717) is 22.3 Å². The molecule has 0 unspecified atom stereocenters. The maximum atomic E-state index is 13.0. The fraction of sp³-hybridized carbons (Fsp3) is 0.174. The van der Waals surface area contributed by atoms with E-state index in [-0.39, 0.29) is 24.7 Å². The van der Waals surface area contributed by atoms with Crippen molar-refractivity contribution in [3.05, 3.63) is 98.0 Å². The predicted octanol–water partition coefficient (Wildman–Crippen LogP) is 2.88. The summed E-state index contributed by atoms with van der Waals surface area (Å²) in [6.45, 7) is 2.16. The summed E-state index contributed by atoms with van der Waals surface area (Å²) in [5, 5.41) is 0.591. The van der Waals surface area contributed by atoms with Gasteiger partial charge in [-0.3, -0.25) is 9.55 Å². The Morgan fingerprint density at radius 3 is 2.44 bits per heavy atom. The molecule has 34 heavy (non-hydrogen) atoms. The van der Waals surface area contributed by atoms with Crippen LogP contribution in [0.25, 0.3) is 0 Å². The predicted molar refractivity (Wildman–Crippen MR) is 126 cm³/mol. The molecule has 2 aromatic carbocycles. The van der Waals surface area contributed by atoms with Gasteiger partial charge < -0.3 is 9.47 Å². The summed E-state index contributed by atoms with van der Waals surface area (Å²) in [6, 6.07) is 15.6. The summed E-state index contributed by atoms with van der Waals surface area (Å²) >= 11 is 5.97. The fourth-order valence-corrected chi connectivity index (χ4v) is 3.27. The molecular formula is C23H21ClN6O4. The van der Waals surface area contributed by atoms with Gasteiger partial charge in [0.1, 0.15) is 5.75 Å². The minimum absolute atomic E-state index is 0.124. The molecule has 11 heteroatoms. The van der Waals surface area contributed by atoms with Gasteiger partial charge in [-0.2, -0.15) is 4.98 Å². The Bertz CT molecular complexity index is 1470. The van der Waals surface area contributed by atoms with Crippen molar-refractivity contribution in [1.29, 1.82) is 0 Å². The number of benzene rings is 2. The monoisotopic (exact) mass is 480 g/mol. The lowest BCUT2D eigenvalue weighted by Crippen LogP contribution is -2.49. The number of ether oxygens (including phenoxy) is 2. The van der Waals surface area contributed by atoms with Gasteiger partial charge in [0.05, 0.1) is 19.3 Å². The average molecular weight is 481 g/mol. The first kappa shape index (κ1) is 23.0. The van der Waals surface area contributed by atoms with Gasteiger partial charge >= 0.3 is 17.4 Å². The summed E-state index contributed by atoms with van der Waals surface area (Å²) in [5.74, 6) is 0.865. The van der Waals surface area contributed by atoms with Gasteiger partial charge in [0, 0.05) is 23.8 Å². The van der Waals surface area contributed by atoms with Crippen LogP contribution < -0.4 is 26.5 Å². The third kappa shape index (κ3) is 5.24. The summed E-state index contributed by atoms with van der Waals surface area (Å²) in [4.78, 5) is 40.7. The zero-order valence-electron chi connectivity index (χ0n) is 18.4. The standard InChI is InChI=1S/C23H21ClN6O4/c1-3-29-22(31)28-20(30(23(29)32)14-15-4-6-16(24)7-5-15)26-17-8-10-18(11-9-17)34-21-25-13-12-19(27-21)33-2/h4-13H,3,14H2,1-2H3,(H,26,28,31). The zero-order chi connectivity index (χ0) is 24.1. The number of nitrogens with zero attached hydrogens (tertiary/aromatic N) is 5. The van der Waals surface area contributed by atoms with Crippen molar-refractivity contribution in [1.82, 2.24) is 24.1 Å². The SMILES string of the molecule is CCn1c(=O)[nH]/c(=N\c2ccc(Oc3nccc(OC)n3)cc2)n(Cc2ccc(Cl)cc2)c1=O. The van der Waals surface area contributed by atoms with E-state index >= 15 is 0 Å². The van der Waals surface area contributed by atoms with Gasteiger partial charge in [-0.05, 0) is 48.9 Å². The van der Waals surface area contributed by atoms with Crippen molar-refractivity contribution < 1.29 is 9.47 Å². The summed E-state index contributed by atoms with van der Waals surface area (Å²) in [7, 11) is 1.50. The van der Waals surface area contributed by atoms with Crippen LogP contribution in [0, 0.1) is 0 Å². The van der Waals surface area contributed by atoms with Crippen molar-refractivity contribution in [3.63, 3.8) is 0 Å². The first-order valence-corrected chi connectivity index (χ1v) is 10.7. The van der Waals surface area contributed by atoms with E-state index in [1.807, 2.05) is 12.1 Å². The Labute approximate surface area is 198 Å². The van der Waals surface area contributed by atoms with E-state index < -0.39 is 11.4 Å². The van der Waals surface area contributed by atoms with E-state index in [1.54, 1.807) is 49.4 Å². The molecular weight excluding hydrogens is 460 g/mol. The van der Waals surface area contributed by atoms with Crippen LogP contribution in [0.5, 0.6) is 17.6 Å². The lowest BCUT2D eigenvalue weighted by atomic mass is 10.2. The number of hydrogen-bond acceptors (Lipinski definition) is 7. The molecule has 0 aliphatic rings. The van der Waals surface area contributed by atoms with Gasteiger partial charge in [-0.25, -0.2) is 24.1 Å². The van der Waals surface area contributed by atoms with Gasteiger partial charge in [-0.1, -0.05) is 23.7 Å². The van der Waals surface area contributed by atoms with Crippen LogP contribution in [0.15, 0.2) is 75.4 Å². The van der Waals surface area contributed by atoms with Crippen LogP contribution in [-0.4, -0.2) is 31.2 Å². The Balaban J connectivity index is 1.69. The lowest BCUT2D eigenvalue weighted by molar-refractivity contribution is 0.376. The first-order chi connectivity index (χ1) is 16.5. The van der Waals surface area contributed by atoms with Crippen molar-refractivity contribution in [2.75, 3.05) is 7.11 Å². The van der Waals surface area contributed by atoms with Crippen molar-refractivity contribution in [3.8, 4) is 17.6 Å². The summed E-state index contributed by atoms with van der Waals surface area (Å²) in [6.07, 6.45) is 1.53. The van der Waals surface area contributed by atoms with Crippen molar-refractivity contribution in [2.24, 2.45) is 4.99 Å². The molecule has 2 aromatic heterocycles. The Hall–Kier alpha value is -4.18. The zero-order valence-corrected chi connectivity index (χ0v) is 19.2. The van der Waals surface area contributed by atoms with Crippen LogP contribution in [-0.2, 0) is 13.1 Å². The molecule has 1 N–H and O–H groups in total. The highest BCUT2D eigenvalue weighted by Gasteiger charge is 2.09. The molecule has 4 rings (SSSR count). The van der Waals surface area contributed by atoms with E-state index in [0.717, 1.165) is 10.1 Å². The average Bonchev–Trinajstić information content (AvgIpc) is 2.84. The second kappa shape index (κ2) is 10.2. The molecule has 0 amide bonds. The van der Waals surface area contributed by atoms with Crippen LogP contribution in [0.4, 0.5) is 5.69 Å². The topological polar surface area (TPSA) is 116 Å². The van der Waals surface area contributed by atoms with Gasteiger partial charge in [0.25, 0.3) is 0 Å². The molecule has 0 saturated heterocycles. The molecule has 10 nitrogen and oxygen atoms in total. The number of aromatic nitrogens is 5. The largest absolute Gasteiger partial charge is 0.481 e. The third-order valence-corrected chi connectivity index (χ3v) is 5.10. The Morgan fingerprint density at radius 2 is 1.76 bits per heavy atom. The first-order valence-electron chi connectivity index (χ1n) is 10.3. The third-order valence-electron chi connectivity index (χ3n) is 4.85. The molecule has 0 fully saturated rings. The van der Waals surface area contributed by atoms with Gasteiger partial charge in [-0.15, -0.1) is 0 Å². The number of halogens is 1. The van der Waals surface area contributed by atoms with E-state index in [9.17, 15) is 9.59 Å². The van der Waals surface area contributed by atoms with Crippen LogP contribution in [0.2, 0.25) is 5.02 Å². The maximum Gasteiger partial charge on any atom is 0.335 e. The van der Waals surface area contributed by atoms with E-state index in [4.69, 9.17) is 21.1 Å². The van der Waals surface area contributed by atoms with Crippen LogP contribution >= 0.6 is 11.6 Å². The minimum Gasteiger partial charge on any atom is -0.481 e. The lowest BCUT2D eigenvalue weighted by Gasteiger charge is -2.10. The highest BCUT2D eigenvalue weighted by atomic mass is 35.5. The van der Waals surface area contributed by atoms with E-state index in [2.05, 4.69) is 19.9 Å². The van der Waals surface area contributed by atoms with Crippen LogP contribution in [0.3, 0.4) is 0 Å². The molecule has 0 atom stereocenters. The number of aromatic amines is 1. The quantitative estimate of drug-likeness (QED) is 0.434. The molecule has 4 aromatic rings. The second-order valence-corrected chi connectivity index (χ2v) is 7.52. The number of rotatable bonds is 7. The molecule has 0 aliphatic heterocycles. The van der Waals surface area contributed by atoms with E-state index in [1.165, 1.54) is 17.9 Å². The molecule has 2 heterocycles. The van der Waals surface area contributed by atoms with Gasteiger partial charge in [0.15, 0.2) is 0 Å². The molecule has 0 saturated carbocycles. The Morgan fingerprint density at radius 1 is 1.03 bits per heavy atom. The molecule has 0 aliphatic carbocycles. The number of hydrogen-bond donors (Lipinski definition) is 1. The molecule has 0 spiro atoms. The molecule has 174 valence electrons. The maximum absolute atomic E-state index is 13.0. The number of methoxy groups -OCH3 is 1. The molecule has 0 radical (unpaired) electrons. The van der Waals surface area contributed by atoms with Gasteiger partial charge in [0.2, 0.25) is 11.5 Å². The minimum atomic E-state index is -0.534. The normalized spacial score (nSPS) is 11.4. The van der Waals surface area contributed by atoms with Crippen LogP contribution in [0.1, 0.15) is 12.5 Å². The molecule has 0 bridgehead atoms. The number of nitrogens with one attached hydrogen (secondary N) is 1. The summed E-state index contributed by atoms with van der Waals surface area (Å²) < 4.78 is 13.2. The highest BCUT2D eigenvalue weighted by Crippen LogP contribution is 2.22.